The molecular weight excluding hydrogens is 323 g/mol. The topological polar surface area (TPSA) is 32.3 Å². The number of hydrogen-bond acceptors (Lipinski definition) is 2. The largest absolute Gasteiger partial charge is 0.339 e. The molecule has 20 heavy (non-hydrogen) atoms. The summed E-state index contributed by atoms with van der Waals surface area (Å²) < 4.78 is 14.0. The molecule has 1 aromatic carbocycles. The SMILES string of the molecule is CCN(CC1CCCNC1)C(=O)c1cc(F)ccc1Br. The minimum atomic E-state index is -0.382. The molecule has 1 heterocycles. The summed E-state index contributed by atoms with van der Waals surface area (Å²) in [4.78, 5) is 14.3. The Kier molecular flexibility index (Phi) is 5.54. The predicted octanol–water partition coefficient (Wildman–Crippen LogP) is 3.05. The lowest BCUT2D eigenvalue weighted by Crippen LogP contribution is -2.41. The number of benzene rings is 1. The molecule has 0 radical (unpaired) electrons. The molecule has 1 atom stereocenters. The highest BCUT2D eigenvalue weighted by Gasteiger charge is 2.22. The van der Waals surface area contributed by atoms with E-state index in [1.165, 1.54) is 12.1 Å². The summed E-state index contributed by atoms with van der Waals surface area (Å²) in [5.74, 6) is -0.00336. The number of rotatable bonds is 4. The van der Waals surface area contributed by atoms with Gasteiger partial charge in [-0.2, -0.15) is 0 Å². The Morgan fingerprint density at radius 1 is 1.55 bits per heavy atom. The summed E-state index contributed by atoms with van der Waals surface area (Å²) in [5.41, 5.74) is 0.399. The fourth-order valence-corrected chi connectivity index (χ4v) is 3.00. The zero-order valence-electron chi connectivity index (χ0n) is 11.7. The second kappa shape index (κ2) is 7.18. The number of hydrogen-bond donors (Lipinski definition) is 1. The quantitative estimate of drug-likeness (QED) is 0.911. The van der Waals surface area contributed by atoms with Crippen molar-refractivity contribution in [1.82, 2.24) is 10.2 Å². The molecule has 0 aromatic heterocycles. The zero-order valence-corrected chi connectivity index (χ0v) is 13.2. The summed E-state index contributed by atoms with van der Waals surface area (Å²) in [6.45, 7) is 5.34. The molecule has 5 heteroatoms. The number of nitrogens with one attached hydrogen (secondary N) is 1. The van der Waals surface area contributed by atoms with Gasteiger partial charge in [-0.15, -0.1) is 0 Å². The van der Waals surface area contributed by atoms with Crippen molar-refractivity contribution in [3.8, 4) is 0 Å². The lowest BCUT2D eigenvalue weighted by molar-refractivity contribution is 0.0727. The molecule has 1 aliphatic rings. The average molecular weight is 343 g/mol. The highest BCUT2D eigenvalue weighted by atomic mass is 79.9. The summed E-state index contributed by atoms with van der Waals surface area (Å²) in [5, 5.41) is 3.36. The second-order valence-corrected chi connectivity index (χ2v) is 6.03. The van der Waals surface area contributed by atoms with Crippen LogP contribution in [0.5, 0.6) is 0 Å². The van der Waals surface area contributed by atoms with Gasteiger partial charge in [0.15, 0.2) is 0 Å². The van der Waals surface area contributed by atoms with E-state index in [2.05, 4.69) is 21.2 Å². The van der Waals surface area contributed by atoms with E-state index in [-0.39, 0.29) is 11.7 Å². The fraction of sp³-hybridized carbons (Fsp3) is 0.533. The monoisotopic (exact) mass is 342 g/mol. The Bertz CT molecular complexity index is 475. The van der Waals surface area contributed by atoms with Gasteiger partial charge < -0.3 is 10.2 Å². The van der Waals surface area contributed by atoms with Crippen molar-refractivity contribution in [1.29, 1.82) is 0 Å². The molecule has 1 N–H and O–H groups in total. The maximum Gasteiger partial charge on any atom is 0.255 e. The first kappa shape index (κ1) is 15.4. The van der Waals surface area contributed by atoms with E-state index in [1.54, 1.807) is 11.0 Å². The fourth-order valence-electron chi connectivity index (χ4n) is 2.58. The maximum absolute atomic E-state index is 13.3. The van der Waals surface area contributed by atoms with Crippen LogP contribution in [-0.4, -0.2) is 37.0 Å². The van der Waals surface area contributed by atoms with Crippen molar-refractivity contribution in [2.24, 2.45) is 5.92 Å². The van der Waals surface area contributed by atoms with Gasteiger partial charge in [0, 0.05) is 17.6 Å². The van der Waals surface area contributed by atoms with Gasteiger partial charge in [0.1, 0.15) is 5.82 Å². The number of carbonyl (C=O) groups excluding carboxylic acids is 1. The standard InChI is InChI=1S/C15H20BrFN2O/c1-2-19(10-11-4-3-7-18-9-11)15(20)13-8-12(17)5-6-14(13)16/h5-6,8,11,18H,2-4,7,9-10H2,1H3. The lowest BCUT2D eigenvalue weighted by Gasteiger charge is -2.29. The Labute approximate surface area is 127 Å². The lowest BCUT2D eigenvalue weighted by atomic mass is 9.98. The van der Waals surface area contributed by atoms with Crippen LogP contribution in [0.1, 0.15) is 30.1 Å². The molecule has 0 bridgehead atoms. The molecule has 1 amide bonds. The van der Waals surface area contributed by atoms with Crippen LogP contribution in [0.4, 0.5) is 4.39 Å². The molecule has 2 rings (SSSR count). The van der Waals surface area contributed by atoms with Gasteiger partial charge in [0.2, 0.25) is 0 Å². The minimum Gasteiger partial charge on any atom is -0.339 e. The third-order valence-electron chi connectivity index (χ3n) is 3.71. The minimum absolute atomic E-state index is 0.107. The third-order valence-corrected chi connectivity index (χ3v) is 4.40. The normalized spacial score (nSPS) is 18.9. The average Bonchev–Trinajstić information content (AvgIpc) is 2.47. The molecule has 1 saturated heterocycles. The van der Waals surface area contributed by atoms with E-state index in [4.69, 9.17) is 0 Å². The van der Waals surface area contributed by atoms with Crippen molar-refractivity contribution < 1.29 is 9.18 Å². The van der Waals surface area contributed by atoms with Gasteiger partial charge in [-0.25, -0.2) is 4.39 Å². The maximum atomic E-state index is 13.3. The first-order chi connectivity index (χ1) is 9.61. The van der Waals surface area contributed by atoms with Crippen LogP contribution < -0.4 is 5.32 Å². The van der Waals surface area contributed by atoms with Crippen molar-refractivity contribution in [3.63, 3.8) is 0 Å². The number of halogens is 2. The predicted molar refractivity (Wildman–Crippen MR) is 81.3 cm³/mol. The first-order valence-electron chi connectivity index (χ1n) is 7.07. The summed E-state index contributed by atoms with van der Waals surface area (Å²) >= 11 is 3.33. The van der Waals surface area contributed by atoms with Crippen molar-refractivity contribution in [3.05, 3.63) is 34.1 Å². The van der Waals surface area contributed by atoms with Gasteiger partial charge in [0.25, 0.3) is 5.91 Å². The van der Waals surface area contributed by atoms with Crippen LogP contribution in [0.2, 0.25) is 0 Å². The van der Waals surface area contributed by atoms with Gasteiger partial charge in [0.05, 0.1) is 5.56 Å². The Balaban J connectivity index is 2.09. The number of carbonyl (C=O) groups is 1. The highest BCUT2D eigenvalue weighted by Crippen LogP contribution is 2.21. The van der Waals surface area contributed by atoms with E-state index >= 15 is 0 Å². The van der Waals surface area contributed by atoms with Crippen LogP contribution in [-0.2, 0) is 0 Å². The van der Waals surface area contributed by atoms with E-state index in [0.717, 1.165) is 32.5 Å². The van der Waals surface area contributed by atoms with E-state index < -0.39 is 0 Å². The van der Waals surface area contributed by atoms with Crippen LogP contribution in [0.25, 0.3) is 0 Å². The van der Waals surface area contributed by atoms with Gasteiger partial charge in [-0.05, 0) is 72.9 Å². The molecule has 3 nitrogen and oxygen atoms in total. The van der Waals surface area contributed by atoms with E-state index in [1.807, 2.05) is 6.92 Å². The Morgan fingerprint density at radius 3 is 3.00 bits per heavy atom. The number of piperidine rings is 1. The molecule has 0 saturated carbocycles. The van der Waals surface area contributed by atoms with Gasteiger partial charge in [-0.3, -0.25) is 4.79 Å². The second-order valence-electron chi connectivity index (χ2n) is 5.18. The number of nitrogens with zero attached hydrogens (tertiary/aromatic N) is 1. The van der Waals surface area contributed by atoms with Crippen LogP contribution in [0.3, 0.4) is 0 Å². The van der Waals surface area contributed by atoms with Crippen LogP contribution >= 0.6 is 15.9 Å². The molecule has 1 aromatic rings. The van der Waals surface area contributed by atoms with Crippen molar-refractivity contribution in [2.45, 2.75) is 19.8 Å². The van der Waals surface area contributed by atoms with Crippen molar-refractivity contribution >= 4 is 21.8 Å². The summed E-state index contributed by atoms with van der Waals surface area (Å²) in [7, 11) is 0. The summed E-state index contributed by atoms with van der Waals surface area (Å²) in [6, 6.07) is 4.23. The molecule has 0 aliphatic carbocycles. The van der Waals surface area contributed by atoms with Crippen LogP contribution in [0.15, 0.2) is 22.7 Å². The zero-order chi connectivity index (χ0) is 14.5. The smallest absolute Gasteiger partial charge is 0.255 e. The van der Waals surface area contributed by atoms with Gasteiger partial charge >= 0.3 is 0 Å². The summed E-state index contributed by atoms with van der Waals surface area (Å²) in [6.07, 6.45) is 2.29. The van der Waals surface area contributed by atoms with Gasteiger partial charge in [-0.1, -0.05) is 0 Å². The first-order valence-corrected chi connectivity index (χ1v) is 7.86. The highest BCUT2D eigenvalue weighted by molar-refractivity contribution is 9.10. The molecular formula is C15H20BrFN2O. The third kappa shape index (κ3) is 3.79. The molecule has 1 aliphatic heterocycles. The van der Waals surface area contributed by atoms with E-state index in [0.29, 0.717) is 22.5 Å². The molecule has 110 valence electrons. The Morgan fingerprint density at radius 2 is 2.35 bits per heavy atom. The Hall–Kier alpha value is -0.940. The van der Waals surface area contributed by atoms with Crippen LogP contribution in [0, 0.1) is 11.7 Å². The molecule has 1 fully saturated rings. The molecule has 0 spiro atoms. The number of amides is 1. The van der Waals surface area contributed by atoms with E-state index in [9.17, 15) is 9.18 Å². The molecule has 1 unspecified atom stereocenters. The van der Waals surface area contributed by atoms with Crippen molar-refractivity contribution in [2.75, 3.05) is 26.2 Å².